The highest BCUT2D eigenvalue weighted by molar-refractivity contribution is 6.24. The third-order valence-electron chi connectivity index (χ3n) is 15.6. The summed E-state index contributed by atoms with van der Waals surface area (Å²) in [7, 11) is 13.2. The maximum absolute atomic E-state index is 6.53. The van der Waals surface area contributed by atoms with Crippen molar-refractivity contribution in [3.63, 3.8) is 0 Å². The van der Waals surface area contributed by atoms with E-state index in [0.29, 0.717) is 112 Å². The third kappa shape index (κ3) is 6.31. The van der Waals surface area contributed by atoms with E-state index in [9.17, 15) is 0 Å². The van der Waals surface area contributed by atoms with E-state index in [0.717, 1.165) is 64.6 Å². The van der Waals surface area contributed by atoms with Gasteiger partial charge in [0.1, 0.15) is 68.6 Å². The van der Waals surface area contributed by atoms with Gasteiger partial charge in [0.2, 0.25) is 0 Å². The average Bonchev–Trinajstić information content (AvgIpc) is 3.93. The van der Waals surface area contributed by atoms with Gasteiger partial charge in [-0.2, -0.15) is 0 Å². The predicted octanol–water partition coefficient (Wildman–Crippen LogP) is 13.9. The van der Waals surface area contributed by atoms with E-state index in [1.807, 2.05) is 72.8 Å². The number of nitrogens with one attached hydrogen (secondary N) is 2. The molecule has 5 heterocycles. The van der Waals surface area contributed by atoms with Gasteiger partial charge in [0, 0.05) is 43.1 Å². The number of methoxy groups -OCH3 is 8. The van der Waals surface area contributed by atoms with Crippen LogP contribution in [0.5, 0.6) is 46.0 Å². The zero-order valence-electron chi connectivity index (χ0n) is 44.5. The van der Waals surface area contributed by atoms with Crippen LogP contribution in [0, 0.1) is 0 Å². The molecular weight excluding hydrogens is 1010 g/mol. The summed E-state index contributed by atoms with van der Waals surface area (Å²) in [6.07, 6.45) is 0. The van der Waals surface area contributed by atoms with Gasteiger partial charge in [-0.05, 0) is 45.8 Å². The Hall–Kier alpha value is -10.5. The van der Waals surface area contributed by atoms with Crippen molar-refractivity contribution in [1.29, 1.82) is 0 Å². The van der Waals surface area contributed by atoms with E-state index in [1.54, 1.807) is 56.9 Å². The predicted molar refractivity (Wildman–Crippen MR) is 314 cm³/mol. The van der Waals surface area contributed by atoms with Crippen molar-refractivity contribution in [2.75, 3.05) is 56.9 Å². The van der Waals surface area contributed by atoms with Crippen LogP contribution in [0.2, 0.25) is 0 Å². The molecule has 15 rings (SSSR count). The number of H-pyrrole nitrogens is 2. The van der Waals surface area contributed by atoms with Crippen LogP contribution in [-0.2, 0) is 0 Å². The van der Waals surface area contributed by atoms with Crippen LogP contribution in [0.3, 0.4) is 0 Å². The summed E-state index contributed by atoms with van der Waals surface area (Å²) in [5, 5.41) is 12.6. The number of fused-ring (bicyclic) bond motifs is 26. The number of hydrogen-bond donors (Lipinski definition) is 2. The quantitative estimate of drug-likeness (QED) is 0.137. The molecule has 16 heteroatoms. The van der Waals surface area contributed by atoms with Crippen LogP contribution < -0.4 is 37.9 Å². The molecule has 8 bridgehead atoms. The van der Waals surface area contributed by atoms with E-state index < -0.39 is 0 Å². The molecule has 2 N–H and O–H groups in total. The van der Waals surface area contributed by atoms with Crippen molar-refractivity contribution in [1.82, 2.24) is 39.9 Å². The number of benzene rings is 10. The van der Waals surface area contributed by atoms with E-state index in [-0.39, 0.29) is 23.3 Å². The fraction of sp³-hybridized carbons (Fsp3) is 0.125. The van der Waals surface area contributed by atoms with Crippen molar-refractivity contribution in [3.8, 4) is 91.5 Å². The molecule has 2 aliphatic heterocycles. The maximum Gasteiger partial charge on any atom is 0.168 e. The summed E-state index contributed by atoms with van der Waals surface area (Å²) in [6, 6.07) is 40.5. The minimum atomic E-state index is 0.262. The Morgan fingerprint density at radius 2 is 0.463 bits per heavy atom. The van der Waals surface area contributed by atoms with Crippen LogP contribution >= 0.6 is 0 Å². The van der Waals surface area contributed by atoms with Crippen molar-refractivity contribution in [3.05, 3.63) is 121 Å². The molecule has 0 aliphatic carbocycles. The first-order valence-electron chi connectivity index (χ1n) is 25.7. The number of ether oxygens (including phenoxy) is 8. The highest BCUT2D eigenvalue weighted by atomic mass is 16.5. The smallest absolute Gasteiger partial charge is 0.168 e. The van der Waals surface area contributed by atoms with Crippen molar-refractivity contribution >= 4 is 109 Å². The largest absolute Gasteiger partial charge is 0.495 e. The van der Waals surface area contributed by atoms with Crippen LogP contribution in [0.4, 0.5) is 0 Å². The van der Waals surface area contributed by atoms with Crippen molar-refractivity contribution in [2.45, 2.75) is 0 Å². The average molecular weight is 1060 g/mol. The SMILES string of the molecule is COc1c2c(c(OC)c3ccccc13)-c1nc-2nc2[nH]c(nc3nc(nc4[nH]c(n1)c1c(OC)c5cc6ccccc6cc5c(OC)c41)-c1c-3c(OC)c3cc4ccccc4cc3c1OC)c1c(OC)c3ccccc3c(OC)c21. The van der Waals surface area contributed by atoms with Gasteiger partial charge in [-0.25, -0.2) is 29.9 Å². The molecule has 2 aliphatic rings. The van der Waals surface area contributed by atoms with Crippen LogP contribution in [0.25, 0.3) is 154 Å². The lowest BCUT2D eigenvalue weighted by Gasteiger charge is -2.17. The lowest BCUT2D eigenvalue weighted by atomic mass is 9.95. The van der Waals surface area contributed by atoms with Crippen LogP contribution in [0.15, 0.2) is 121 Å². The summed E-state index contributed by atoms with van der Waals surface area (Å²) in [5.41, 5.74) is 3.59. The Labute approximate surface area is 454 Å². The Morgan fingerprint density at radius 3 is 0.725 bits per heavy atom. The molecule has 0 saturated heterocycles. The van der Waals surface area contributed by atoms with Gasteiger partial charge in [0.25, 0.3) is 0 Å². The molecule has 390 valence electrons. The molecule has 0 atom stereocenters. The third-order valence-corrected chi connectivity index (χ3v) is 15.6. The van der Waals surface area contributed by atoms with Crippen LogP contribution in [-0.4, -0.2) is 96.8 Å². The van der Waals surface area contributed by atoms with E-state index >= 15 is 0 Å². The van der Waals surface area contributed by atoms with Gasteiger partial charge in [-0.1, -0.05) is 97.1 Å². The van der Waals surface area contributed by atoms with E-state index in [2.05, 4.69) is 58.5 Å². The normalized spacial score (nSPS) is 12.0. The lowest BCUT2D eigenvalue weighted by molar-refractivity contribution is 0.413. The molecule has 80 heavy (non-hydrogen) atoms. The number of hydrogen-bond acceptors (Lipinski definition) is 14. The van der Waals surface area contributed by atoms with E-state index in [4.69, 9.17) is 67.8 Å². The Kier molecular flexibility index (Phi) is 10.2. The first-order chi connectivity index (χ1) is 39.3. The minimum Gasteiger partial charge on any atom is -0.495 e. The lowest BCUT2D eigenvalue weighted by Crippen LogP contribution is -1.97. The van der Waals surface area contributed by atoms with E-state index in [1.165, 1.54) is 0 Å². The molecule has 0 amide bonds. The zero-order chi connectivity index (χ0) is 54.2. The minimum absolute atomic E-state index is 0.262. The molecule has 0 saturated carbocycles. The Morgan fingerprint density at radius 1 is 0.250 bits per heavy atom. The molecule has 0 spiro atoms. The van der Waals surface area contributed by atoms with Gasteiger partial charge < -0.3 is 47.9 Å². The molecule has 10 aromatic carbocycles. The summed E-state index contributed by atoms with van der Waals surface area (Å²) < 4.78 is 51.7. The molecule has 3 aromatic heterocycles. The number of aromatic nitrogens is 8. The number of nitrogens with zero attached hydrogens (tertiary/aromatic N) is 6. The topological polar surface area (TPSA) is 183 Å². The molecule has 0 fully saturated rings. The Balaban J connectivity index is 1.23. The molecule has 0 radical (unpaired) electrons. The monoisotopic (exact) mass is 1050 g/mol. The number of aromatic amines is 2. The first-order valence-corrected chi connectivity index (χ1v) is 25.7. The summed E-state index contributed by atoms with van der Waals surface area (Å²) >= 11 is 0. The summed E-state index contributed by atoms with van der Waals surface area (Å²) in [4.78, 5) is 40.2. The van der Waals surface area contributed by atoms with Gasteiger partial charge in [-0.3, -0.25) is 0 Å². The van der Waals surface area contributed by atoms with Gasteiger partial charge in [0.15, 0.2) is 23.3 Å². The van der Waals surface area contributed by atoms with Crippen molar-refractivity contribution < 1.29 is 37.9 Å². The Bertz CT molecular complexity index is 5090. The second-order valence-electron chi connectivity index (χ2n) is 19.5. The summed E-state index contributed by atoms with van der Waals surface area (Å²) in [5.74, 6) is 5.22. The molecule has 0 unspecified atom stereocenters. The molecular formula is C64H46N8O8. The maximum atomic E-state index is 6.53. The van der Waals surface area contributed by atoms with Gasteiger partial charge in [0.05, 0.1) is 101 Å². The standard InChI is InChI=1S/C64H46N8O8/c1-73-49-33-21-13-15-23-35(33)51(75-3)43-41(49)57-65-58-42-44(52(76-4)36-24-16-14-22-34(36)50(42)74-2)60(67-58)69-62-46-48(56(80-8)40-28-32-20-12-10-18-30(32)26-38(40)54(46)78-6)64(71-62)72-63-47-45(61(70-63)68-59(43)66-57)53(77-5)37-25-29-17-9-11-19-31(29)27-39(37)55(47)79-7/h9-28H,1-8H3,(H2,65,66,67,68,69,70,71,72). The van der Waals surface area contributed by atoms with Gasteiger partial charge in [-0.15, -0.1) is 0 Å². The zero-order valence-corrected chi connectivity index (χ0v) is 44.5. The highest BCUT2D eigenvalue weighted by Gasteiger charge is 2.35. The fourth-order valence-electron chi connectivity index (χ4n) is 12.4. The van der Waals surface area contributed by atoms with Crippen LogP contribution in [0.1, 0.15) is 0 Å². The molecule has 13 aromatic rings. The second-order valence-corrected chi connectivity index (χ2v) is 19.5. The fourth-order valence-corrected chi connectivity index (χ4v) is 12.4. The second kappa shape index (κ2) is 17.5. The summed E-state index contributed by atoms with van der Waals surface area (Å²) in [6.45, 7) is 0. The highest BCUT2D eigenvalue weighted by Crippen LogP contribution is 2.56. The van der Waals surface area contributed by atoms with Gasteiger partial charge >= 0.3 is 0 Å². The first kappa shape index (κ1) is 46.8. The molecule has 16 nitrogen and oxygen atoms in total. The van der Waals surface area contributed by atoms with Crippen molar-refractivity contribution in [2.24, 2.45) is 0 Å². The number of rotatable bonds is 8.